The number of amides is 1. The van der Waals surface area contributed by atoms with Gasteiger partial charge in [-0.05, 0) is 49.1 Å². The van der Waals surface area contributed by atoms with Gasteiger partial charge in [0.15, 0.2) is 5.12 Å². The monoisotopic (exact) mass is 442 g/mol. The van der Waals surface area contributed by atoms with Crippen molar-refractivity contribution in [2.45, 2.75) is 33.1 Å². The first-order valence-electron chi connectivity index (χ1n) is 11.1. The average Bonchev–Trinajstić information content (AvgIpc) is 3.03. The fourth-order valence-electron chi connectivity index (χ4n) is 3.47. The van der Waals surface area contributed by atoms with Crippen LogP contribution in [0.15, 0.2) is 54.3 Å². The van der Waals surface area contributed by atoms with Crippen LogP contribution in [-0.4, -0.2) is 54.9 Å². The summed E-state index contributed by atoms with van der Waals surface area (Å²) < 4.78 is 0. The number of anilines is 1. The highest BCUT2D eigenvalue weighted by molar-refractivity contribution is 8.13. The molecule has 1 aliphatic rings. The van der Waals surface area contributed by atoms with Crippen molar-refractivity contribution in [1.82, 2.24) is 4.90 Å². The largest absolute Gasteiger partial charge is 0.370 e. The molecule has 1 aromatic carbocycles. The van der Waals surface area contributed by atoms with Gasteiger partial charge in [-0.2, -0.15) is 0 Å². The summed E-state index contributed by atoms with van der Waals surface area (Å²) in [5.74, 6) is 0.936. The third-order valence-electron chi connectivity index (χ3n) is 5.23. The van der Waals surface area contributed by atoms with Crippen LogP contribution in [0.5, 0.6) is 0 Å². The highest BCUT2D eigenvalue weighted by Gasteiger charge is 2.19. The van der Waals surface area contributed by atoms with Crippen LogP contribution in [0.3, 0.4) is 0 Å². The number of carbonyl (C=O) groups excluding carboxylic acids is 2. The molecule has 1 fully saturated rings. The standard InChI is InChI=1S/C25H35N3O2S/c1-4-22(14-15-26-3)8-9-23-10-12-24(13-11-23)27-16-6-17-28(19-18-27)25(30)7-5-20-31-21(2)29/h4,8-15,26H,5-7,16-20H2,1-3H3/p+1/b9-8+,15-14-,22-4-. The van der Waals surface area contributed by atoms with E-state index in [1.54, 1.807) is 6.92 Å². The Hall–Kier alpha value is -2.31. The maximum Gasteiger partial charge on any atom is 0.222 e. The molecule has 0 saturated carbocycles. The van der Waals surface area contributed by atoms with E-state index < -0.39 is 0 Å². The lowest BCUT2D eigenvalue weighted by Gasteiger charge is -2.24. The van der Waals surface area contributed by atoms with Crippen LogP contribution in [0.1, 0.15) is 38.7 Å². The second-order valence-corrected chi connectivity index (χ2v) is 8.84. The molecule has 1 amide bonds. The number of carbonyl (C=O) groups is 2. The van der Waals surface area contributed by atoms with E-state index in [1.807, 2.05) is 30.4 Å². The van der Waals surface area contributed by atoms with Crippen molar-refractivity contribution in [2.24, 2.45) is 0 Å². The number of benzene rings is 1. The maximum absolute atomic E-state index is 12.5. The minimum atomic E-state index is 0.119. The van der Waals surface area contributed by atoms with Crippen LogP contribution in [0.2, 0.25) is 0 Å². The second kappa shape index (κ2) is 13.9. The molecule has 1 saturated heterocycles. The topological polar surface area (TPSA) is 57.2 Å². The quantitative estimate of drug-likeness (QED) is 0.470. The summed E-state index contributed by atoms with van der Waals surface area (Å²) in [5, 5.41) is 2.14. The molecule has 1 heterocycles. The Morgan fingerprint density at radius 3 is 2.55 bits per heavy atom. The van der Waals surface area contributed by atoms with Gasteiger partial charge in [0.05, 0.1) is 13.2 Å². The van der Waals surface area contributed by atoms with E-state index in [-0.39, 0.29) is 11.0 Å². The molecule has 5 nitrogen and oxygen atoms in total. The number of allylic oxidation sites excluding steroid dienone is 4. The van der Waals surface area contributed by atoms with Crippen LogP contribution in [0.4, 0.5) is 5.69 Å². The first-order chi connectivity index (χ1) is 15.0. The molecule has 0 atom stereocenters. The molecule has 2 rings (SSSR count). The van der Waals surface area contributed by atoms with E-state index in [0.717, 1.165) is 44.8 Å². The Kier molecular flexibility index (Phi) is 11.2. The van der Waals surface area contributed by atoms with E-state index in [4.69, 9.17) is 0 Å². The van der Waals surface area contributed by atoms with Crippen molar-refractivity contribution in [2.75, 3.05) is 43.9 Å². The summed E-state index contributed by atoms with van der Waals surface area (Å²) in [6.45, 7) is 6.99. The van der Waals surface area contributed by atoms with Crippen LogP contribution >= 0.6 is 11.8 Å². The van der Waals surface area contributed by atoms with Crippen molar-refractivity contribution in [3.8, 4) is 0 Å². The Balaban J connectivity index is 1.87. The Labute approximate surface area is 191 Å². The first kappa shape index (κ1) is 25.0. The molecule has 0 aromatic heterocycles. The zero-order valence-electron chi connectivity index (χ0n) is 19.0. The highest BCUT2D eigenvalue weighted by atomic mass is 32.2. The predicted molar refractivity (Wildman–Crippen MR) is 132 cm³/mol. The zero-order valence-corrected chi connectivity index (χ0v) is 19.9. The van der Waals surface area contributed by atoms with Crippen LogP contribution in [0.25, 0.3) is 6.08 Å². The highest BCUT2D eigenvalue weighted by Crippen LogP contribution is 2.19. The molecule has 2 N–H and O–H groups in total. The third-order valence-corrected chi connectivity index (χ3v) is 6.13. The molecule has 1 aliphatic heterocycles. The fraction of sp³-hybridized carbons (Fsp3) is 0.440. The van der Waals surface area contributed by atoms with E-state index in [0.29, 0.717) is 6.42 Å². The summed E-state index contributed by atoms with van der Waals surface area (Å²) >= 11 is 1.30. The van der Waals surface area contributed by atoms with Crippen LogP contribution in [0, 0.1) is 0 Å². The lowest BCUT2D eigenvalue weighted by molar-refractivity contribution is -0.556. The van der Waals surface area contributed by atoms with Gasteiger partial charge in [-0.1, -0.05) is 42.1 Å². The number of rotatable bonds is 9. The van der Waals surface area contributed by atoms with Crippen LogP contribution in [-0.2, 0) is 9.59 Å². The molecule has 0 spiro atoms. The number of thioether (sulfide) groups is 1. The molecule has 0 bridgehead atoms. The van der Waals surface area contributed by atoms with Crippen LogP contribution < -0.4 is 10.2 Å². The summed E-state index contributed by atoms with van der Waals surface area (Å²) in [6.07, 6.45) is 12.8. The molecule has 6 heteroatoms. The maximum atomic E-state index is 12.5. The van der Waals surface area contributed by atoms with Crippen molar-refractivity contribution in [1.29, 1.82) is 0 Å². The van der Waals surface area contributed by atoms with Crippen molar-refractivity contribution in [3.05, 3.63) is 59.8 Å². The Bertz CT molecular complexity index is 799. The minimum Gasteiger partial charge on any atom is -0.370 e. The van der Waals surface area contributed by atoms with E-state index >= 15 is 0 Å². The smallest absolute Gasteiger partial charge is 0.222 e. The lowest BCUT2D eigenvalue weighted by Crippen LogP contribution is -2.72. The van der Waals surface area contributed by atoms with Gasteiger partial charge in [-0.25, -0.2) is 0 Å². The number of hydrogen-bond acceptors (Lipinski definition) is 4. The molecule has 0 aliphatic carbocycles. The predicted octanol–water partition coefficient (Wildman–Crippen LogP) is 3.45. The minimum absolute atomic E-state index is 0.119. The number of quaternary nitrogens is 1. The summed E-state index contributed by atoms with van der Waals surface area (Å²) in [7, 11) is 2.01. The average molecular weight is 443 g/mol. The normalized spacial score (nSPS) is 15.6. The van der Waals surface area contributed by atoms with Gasteiger partial charge in [0.1, 0.15) is 0 Å². The molecular formula is C25H36N3O2S+. The zero-order chi connectivity index (χ0) is 22.5. The van der Waals surface area contributed by atoms with Gasteiger partial charge in [0.2, 0.25) is 5.91 Å². The number of hydrogen-bond donors (Lipinski definition) is 1. The second-order valence-electron chi connectivity index (χ2n) is 7.57. The van der Waals surface area contributed by atoms with E-state index in [9.17, 15) is 9.59 Å². The number of nitrogens with zero attached hydrogens (tertiary/aromatic N) is 2. The fourth-order valence-corrected chi connectivity index (χ4v) is 4.04. The van der Waals surface area contributed by atoms with Crippen molar-refractivity contribution in [3.63, 3.8) is 0 Å². The molecular weight excluding hydrogens is 406 g/mol. The Morgan fingerprint density at radius 1 is 1.10 bits per heavy atom. The molecule has 31 heavy (non-hydrogen) atoms. The lowest BCUT2D eigenvalue weighted by atomic mass is 10.1. The van der Waals surface area contributed by atoms with Crippen molar-refractivity contribution < 1.29 is 14.9 Å². The number of nitrogens with two attached hydrogens (primary N) is 1. The van der Waals surface area contributed by atoms with E-state index in [2.05, 4.69) is 53.5 Å². The van der Waals surface area contributed by atoms with E-state index in [1.165, 1.54) is 28.6 Å². The Morgan fingerprint density at radius 2 is 1.87 bits per heavy atom. The SMILES string of the molecule is C/C=C(\C=C/[NH2+]C)/C=C/c1ccc(N2CCCN(C(=O)CCCSC(C)=O)CC2)cc1. The first-order valence-corrected chi connectivity index (χ1v) is 12.1. The molecule has 1 aromatic rings. The third kappa shape index (κ3) is 9.15. The van der Waals surface area contributed by atoms with Crippen molar-refractivity contribution >= 4 is 34.5 Å². The molecule has 168 valence electrons. The molecule has 0 unspecified atom stereocenters. The summed E-state index contributed by atoms with van der Waals surface area (Å²) in [4.78, 5) is 27.8. The van der Waals surface area contributed by atoms with Gasteiger partial charge in [-0.15, -0.1) is 0 Å². The summed E-state index contributed by atoms with van der Waals surface area (Å²) in [6, 6.07) is 8.63. The van der Waals surface area contributed by atoms with Gasteiger partial charge < -0.3 is 15.1 Å². The molecule has 0 radical (unpaired) electrons. The van der Waals surface area contributed by atoms with Gasteiger partial charge in [0.25, 0.3) is 0 Å². The van der Waals surface area contributed by atoms with Gasteiger partial charge >= 0.3 is 0 Å². The van der Waals surface area contributed by atoms with Gasteiger partial charge in [-0.3, -0.25) is 9.59 Å². The summed E-state index contributed by atoms with van der Waals surface area (Å²) in [5.41, 5.74) is 3.56. The van der Waals surface area contributed by atoms with Gasteiger partial charge in [0, 0.05) is 51.0 Å².